The second kappa shape index (κ2) is 7.02. The van der Waals surface area contributed by atoms with Crippen LogP contribution in [0.3, 0.4) is 0 Å². The molecule has 0 aliphatic carbocycles. The number of nitrogens with two attached hydrogens (primary N) is 1. The van der Waals surface area contributed by atoms with Gasteiger partial charge in [0.25, 0.3) is 0 Å². The van der Waals surface area contributed by atoms with E-state index < -0.39 is 0 Å². The number of hydrogen-bond donors (Lipinski definition) is 2. The average molecular weight is 291 g/mol. The first-order valence-corrected chi connectivity index (χ1v) is 7.49. The molecular formula is C16H25N3O2. The van der Waals surface area contributed by atoms with Crippen LogP contribution in [0.25, 0.3) is 0 Å². The van der Waals surface area contributed by atoms with E-state index in [0.29, 0.717) is 6.54 Å². The number of amides is 1. The lowest BCUT2D eigenvalue weighted by atomic mass is 10.1. The maximum atomic E-state index is 12.4. The first kappa shape index (κ1) is 15.9. The summed E-state index contributed by atoms with van der Waals surface area (Å²) in [7, 11) is 0. The van der Waals surface area contributed by atoms with Gasteiger partial charge in [0, 0.05) is 25.3 Å². The topological polar surface area (TPSA) is 67.6 Å². The number of carbonyl (C=O) groups excluding carboxylic acids is 1. The largest absolute Gasteiger partial charge is 0.373 e. The minimum absolute atomic E-state index is 0.0109. The summed E-state index contributed by atoms with van der Waals surface area (Å²) in [6, 6.07) is 7.46. The lowest BCUT2D eigenvalue weighted by Crippen LogP contribution is -2.52. The normalized spacial score (nSPS) is 24.6. The fourth-order valence-electron chi connectivity index (χ4n) is 2.67. The maximum absolute atomic E-state index is 12.4. The fraction of sp³-hybridized carbons (Fsp3) is 0.562. The van der Waals surface area contributed by atoms with Gasteiger partial charge in [-0.2, -0.15) is 0 Å². The molecule has 5 nitrogen and oxygen atoms in total. The molecular weight excluding hydrogens is 266 g/mol. The molecule has 3 N–H and O–H groups in total. The van der Waals surface area contributed by atoms with Gasteiger partial charge in [0.15, 0.2) is 0 Å². The number of hydrogen-bond acceptors (Lipinski definition) is 4. The Morgan fingerprint density at radius 3 is 2.43 bits per heavy atom. The monoisotopic (exact) mass is 291 g/mol. The third-order valence-electron chi connectivity index (χ3n) is 3.83. The predicted molar refractivity (Wildman–Crippen MR) is 84.0 cm³/mol. The standard InChI is InChI=1S/C16H25N3O2/c1-11-9-19(10-12(2)21-11)13(3)16(20)18-15-6-4-14(8-17)5-7-15/h4-7,11-13H,8-10,17H2,1-3H3,(H,18,20). The van der Waals surface area contributed by atoms with Gasteiger partial charge < -0.3 is 15.8 Å². The van der Waals surface area contributed by atoms with Crippen LogP contribution in [0.4, 0.5) is 5.69 Å². The van der Waals surface area contributed by atoms with Gasteiger partial charge in [0.2, 0.25) is 5.91 Å². The van der Waals surface area contributed by atoms with Crippen molar-refractivity contribution >= 4 is 11.6 Å². The third-order valence-corrected chi connectivity index (χ3v) is 3.83. The smallest absolute Gasteiger partial charge is 0.241 e. The Bertz CT molecular complexity index is 465. The zero-order valence-electron chi connectivity index (χ0n) is 13.0. The van der Waals surface area contributed by atoms with Crippen molar-refractivity contribution in [1.29, 1.82) is 0 Å². The highest BCUT2D eigenvalue weighted by Crippen LogP contribution is 2.15. The van der Waals surface area contributed by atoms with Gasteiger partial charge in [-0.25, -0.2) is 0 Å². The molecule has 1 aromatic rings. The Balaban J connectivity index is 1.95. The van der Waals surface area contributed by atoms with E-state index in [2.05, 4.69) is 10.2 Å². The summed E-state index contributed by atoms with van der Waals surface area (Å²) in [5.41, 5.74) is 7.42. The third kappa shape index (κ3) is 4.27. The Kier molecular flexibility index (Phi) is 5.33. The Hall–Kier alpha value is -1.43. The molecule has 5 heteroatoms. The number of carbonyl (C=O) groups is 1. The Morgan fingerprint density at radius 1 is 1.33 bits per heavy atom. The molecule has 0 radical (unpaired) electrons. The summed E-state index contributed by atoms with van der Waals surface area (Å²) in [6.07, 6.45) is 0.320. The van der Waals surface area contributed by atoms with Crippen molar-refractivity contribution in [2.75, 3.05) is 18.4 Å². The molecule has 1 aliphatic rings. The van der Waals surface area contributed by atoms with Crippen molar-refractivity contribution in [3.05, 3.63) is 29.8 Å². The van der Waals surface area contributed by atoms with Crippen molar-refractivity contribution in [2.24, 2.45) is 5.73 Å². The highest BCUT2D eigenvalue weighted by molar-refractivity contribution is 5.94. The summed E-state index contributed by atoms with van der Waals surface area (Å²) in [5.74, 6) is 0.0109. The van der Waals surface area contributed by atoms with E-state index in [9.17, 15) is 4.79 Å². The van der Waals surface area contributed by atoms with Crippen molar-refractivity contribution < 1.29 is 9.53 Å². The van der Waals surface area contributed by atoms with Crippen LogP contribution in [-0.4, -0.2) is 42.1 Å². The van der Waals surface area contributed by atoms with Gasteiger partial charge in [0.05, 0.1) is 18.2 Å². The van der Waals surface area contributed by atoms with Gasteiger partial charge in [0.1, 0.15) is 0 Å². The number of morpholine rings is 1. The van der Waals surface area contributed by atoms with E-state index in [4.69, 9.17) is 10.5 Å². The highest BCUT2D eigenvalue weighted by Gasteiger charge is 2.29. The number of rotatable bonds is 4. The van der Waals surface area contributed by atoms with Gasteiger partial charge in [-0.1, -0.05) is 12.1 Å². The minimum Gasteiger partial charge on any atom is -0.373 e. The SMILES string of the molecule is CC1CN(C(C)C(=O)Nc2ccc(CN)cc2)CC(C)O1. The van der Waals surface area contributed by atoms with Crippen molar-refractivity contribution in [3.8, 4) is 0 Å². The predicted octanol–water partition coefficient (Wildman–Crippen LogP) is 1.58. The second-order valence-electron chi connectivity index (χ2n) is 5.78. The van der Waals surface area contributed by atoms with E-state index in [-0.39, 0.29) is 24.2 Å². The molecule has 2 rings (SSSR count). The van der Waals surface area contributed by atoms with Crippen LogP contribution in [0.1, 0.15) is 26.3 Å². The van der Waals surface area contributed by atoms with Crippen LogP contribution in [0.15, 0.2) is 24.3 Å². The Morgan fingerprint density at radius 2 is 1.90 bits per heavy atom. The first-order valence-electron chi connectivity index (χ1n) is 7.49. The summed E-state index contributed by atoms with van der Waals surface area (Å²) in [4.78, 5) is 14.5. The van der Waals surface area contributed by atoms with E-state index in [1.54, 1.807) is 0 Å². The molecule has 0 saturated carbocycles. The van der Waals surface area contributed by atoms with Crippen LogP contribution in [0, 0.1) is 0 Å². The second-order valence-corrected chi connectivity index (χ2v) is 5.78. The summed E-state index contributed by atoms with van der Waals surface area (Å²) in [6.45, 7) is 8.09. The van der Waals surface area contributed by atoms with Crippen LogP contribution < -0.4 is 11.1 Å². The Labute approximate surface area is 126 Å². The zero-order chi connectivity index (χ0) is 15.4. The average Bonchev–Trinajstić information content (AvgIpc) is 2.46. The van der Waals surface area contributed by atoms with Gasteiger partial charge in [-0.3, -0.25) is 9.69 Å². The van der Waals surface area contributed by atoms with Crippen LogP contribution in [0.2, 0.25) is 0 Å². The molecule has 1 aromatic carbocycles. The minimum atomic E-state index is -0.173. The summed E-state index contributed by atoms with van der Waals surface area (Å²) >= 11 is 0. The summed E-state index contributed by atoms with van der Waals surface area (Å²) < 4.78 is 5.70. The maximum Gasteiger partial charge on any atom is 0.241 e. The molecule has 21 heavy (non-hydrogen) atoms. The molecule has 116 valence electrons. The molecule has 3 unspecified atom stereocenters. The van der Waals surface area contributed by atoms with Crippen molar-refractivity contribution in [3.63, 3.8) is 0 Å². The lowest BCUT2D eigenvalue weighted by Gasteiger charge is -2.38. The number of anilines is 1. The first-order chi connectivity index (χ1) is 9.99. The molecule has 1 aliphatic heterocycles. The van der Waals surface area contributed by atoms with E-state index in [0.717, 1.165) is 24.3 Å². The fourth-order valence-corrected chi connectivity index (χ4v) is 2.67. The zero-order valence-corrected chi connectivity index (χ0v) is 13.0. The van der Waals surface area contributed by atoms with E-state index >= 15 is 0 Å². The van der Waals surface area contributed by atoms with Crippen LogP contribution in [0.5, 0.6) is 0 Å². The molecule has 3 atom stereocenters. The number of nitrogens with one attached hydrogen (secondary N) is 1. The van der Waals surface area contributed by atoms with E-state index in [1.165, 1.54) is 0 Å². The lowest BCUT2D eigenvalue weighted by molar-refractivity contribution is -0.126. The molecule has 1 amide bonds. The number of benzene rings is 1. The summed E-state index contributed by atoms with van der Waals surface area (Å²) in [5, 5.41) is 2.96. The quantitative estimate of drug-likeness (QED) is 0.884. The molecule has 0 spiro atoms. The molecule has 0 aromatic heterocycles. The van der Waals surface area contributed by atoms with Gasteiger partial charge in [-0.05, 0) is 38.5 Å². The van der Waals surface area contributed by atoms with Crippen molar-refractivity contribution in [2.45, 2.75) is 45.6 Å². The van der Waals surface area contributed by atoms with Gasteiger partial charge in [-0.15, -0.1) is 0 Å². The van der Waals surface area contributed by atoms with Gasteiger partial charge >= 0.3 is 0 Å². The molecule has 1 heterocycles. The van der Waals surface area contributed by atoms with Crippen LogP contribution >= 0.6 is 0 Å². The molecule has 0 bridgehead atoms. The highest BCUT2D eigenvalue weighted by atomic mass is 16.5. The van der Waals surface area contributed by atoms with E-state index in [1.807, 2.05) is 45.0 Å². The molecule has 1 fully saturated rings. The van der Waals surface area contributed by atoms with Crippen molar-refractivity contribution in [1.82, 2.24) is 4.90 Å². The van der Waals surface area contributed by atoms with Crippen LogP contribution in [-0.2, 0) is 16.1 Å². The number of ether oxygens (including phenoxy) is 1. The molecule has 1 saturated heterocycles. The number of nitrogens with zero attached hydrogens (tertiary/aromatic N) is 1.